The molecular formula is C18H24N4S. The van der Waals surface area contributed by atoms with Crippen molar-refractivity contribution in [2.24, 2.45) is 4.99 Å². The van der Waals surface area contributed by atoms with Crippen molar-refractivity contribution in [3.8, 4) is 0 Å². The van der Waals surface area contributed by atoms with Crippen LogP contribution in [0.2, 0.25) is 0 Å². The Hall–Kier alpha value is -1.75. The van der Waals surface area contributed by atoms with Crippen LogP contribution >= 0.6 is 11.8 Å². The van der Waals surface area contributed by atoms with Gasteiger partial charge >= 0.3 is 0 Å². The zero-order valence-corrected chi connectivity index (χ0v) is 14.4. The Morgan fingerprint density at radius 3 is 3.00 bits per heavy atom. The number of benzene rings is 1. The van der Waals surface area contributed by atoms with Crippen molar-refractivity contribution in [2.75, 3.05) is 25.9 Å². The van der Waals surface area contributed by atoms with Gasteiger partial charge in [-0.05, 0) is 30.7 Å². The van der Waals surface area contributed by atoms with Gasteiger partial charge in [-0.1, -0.05) is 24.3 Å². The second-order valence-corrected chi connectivity index (χ2v) is 7.17. The number of fused-ring (bicyclic) bond motifs is 1. The average Bonchev–Trinajstić information content (AvgIpc) is 3.11. The van der Waals surface area contributed by atoms with Crippen molar-refractivity contribution >= 4 is 28.6 Å². The molecule has 4 nitrogen and oxygen atoms in total. The van der Waals surface area contributed by atoms with Crippen LogP contribution in [0, 0.1) is 0 Å². The molecule has 2 aromatic rings. The number of aliphatic imine (C=N–C) groups is 1. The molecule has 1 atom stereocenters. The molecule has 23 heavy (non-hydrogen) atoms. The zero-order valence-electron chi connectivity index (χ0n) is 13.6. The van der Waals surface area contributed by atoms with E-state index in [2.05, 4.69) is 51.7 Å². The molecule has 0 amide bonds. The molecule has 1 aliphatic rings. The number of hydrogen-bond donors (Lipinski definition) is 2. The predicted molar refractivity (Wildman–Crippen MR) is 100 cm³/mol. The smallest absolute Gasteiger partial charge is 0.191 e. The Morgan fingerprint density at radius 2 is 2.17 bits per heavy atom. The van der Waals surface area contributed by atoms with Crippen LogP contribution in [0.4, 0.5) is 0 Å². The number of nitrogens with one attached hydrogen (secondary N) is 2. The summed E-state index contributed by atoms with van der Waals surface area (Å²) in [6.45, 7) is 1.83. The van der Waals surface area contributed by atoms with Crippen molar-refractivity contribution < 1.29 is 0 Å². The molecule has 2 N–H and O–H groups in total. The zero-order chi connectivity index (χ0) is 15.9. The fraction of sp³-hybridized carbons (Fsp3) is 0.444. The minimum atomic E-state index is 0.732. The molecule has 0 aliphatic carbocycles. The molecule has 0 spiro atoms. The first-order chi connectivity index (χ1) is 11.3. The van der Waals surface area contributed by atoms with Crippen molar-refractivity contribution in [1.82, 2.24) is 15.6 Å². The van der Waals surface area contributed by atoms with Gasteiger partial charge in [-0.3, -0.25) is 9.98 Å². The molecule has 0 bridgehead atoms. The second kappa shape index (κ2) is 8.20. The molecule has 1 saturated heterocycles. The van der Waals surface area contributed by atoms with Gasteiger partial charge in [0.05, 0.1) is 5.52 Å². The summed E-state index contributed by atoms with van der Waals surface area (Å²) < 4.78 is 0. The first-order valence-corrected chi connectivity index (χ1v) is 9.31. The van der Waals surface area contributed by atoms with E-state index in [1.165, 1.54) is 24.0 Å². The van der Waals surface area contributed by atoms with Crippen molar-refractivity contribution in [2.45, 2.75) is 24.5 Å². The van der Waals surface area contributed by atoms with E-state index in [1.807, 2.05) is 19.2 Å². The van der Waals surface area contributed by atoms with Crippen LogP contribution in [0.3, 0.4) is 0 Å². The molecule has 1 unspecified atom stereocenters. The summed E-state index contributed by atoms with van der Waals surface area (Å²) in [5, 5.41) is 8.73. The Bertz CT molecular complexity index is 665. The minimum absolute atomic E-state index is 0.732. The average molecular weight is 328 g/mol. The van der Waals surface area contributed by atoms with Gasteiger partial charge in [0.15, 0.2) is 5.96 Å². The number of rotatable bonds is 5. The van der Waals surface area contributed by atoms with Gasteiger partial charge in [-0.15, -0.1) is 0 Å². The summed E-state index contributed by atoms with van der Waals surface area (Å²) in [4.78, 5) is 9.00. The number of thioether (sulfide) groups is 1. The lowest BCUT2D eigenvalue weighted by atomic mass is 10.2. The van der Waals surface area contributed by atoms with Crippen LogP contribution in [0.1, 0.15) is 18.5 Å². The number of hydrogen-bond acceptors (Lipinski definition) is 3. The van der Waals surface area contributed by atoms with Crippen molar-refractivity contribution in [3.05, 3.63) is 42.1 Å². The van der Waals surface area contributed by atoms with E-state index in [-0.39, 0.29) is 0 Å². The van der Waals surface area contributed by atoms with Crippen LogP contribution in [-0.4, -0.2) is 42.1 Å². The van der Waals surface area contributed by atoms with Crippen LogP contribution < -0.4 is 10.6 Å². The largest absolute Gasteiger partial charge is 0.356 e. The number of nitrogens with zero attached hydrogens (tertiary/aromatic N) is 2. The van der Waals surface area contributed by atoms with Gasteiger partial charge in [-0.25, -0.2) is 0 Å². The molecule has 1 aromatic heterocycles. The van der Waals surface area contributed by atoms with E-state index in [9.17, 15) is 0 Å². The molecule has 5 heteroatoms. The third kappa shape index (κ3) is 4.61. The maximum atomic E-state index is 4.70. The normalized spacial score (nSPS) is 18.3. The molecule has 3 rings (SSSR count). The molecule has 0 radical (unpaired) electrons. The van der Waals surface area contributed by atoms with Crippen LogP contribution in [0.15, 0.2) is 41.4 Å². The maximum Gasteiger partial charge on any atom is 0.191 e. The van der Waals surface area contributed by atoms with E-state index < -0.39 is 0 Å². The van der Waals surface area contributed by atoms with E-state index in [0.717, 1.165) is 41.9 Å². The Labute approximate surface area is 142 Å². The summed E-state index contributed by atoms with van der Waals surface area (Å²) >= 11 is 2.06. The van der Waals surface area contributed by atoms with E-state index >= 15 is 0 Å². The highest BCUT2D eigenvalue weighted by Gasteiger charge is 2.15. The van der Waals surface area contributed by atoms with E-state index in [1.54, 1.807) is 0 Å². The lowest BCUT2D eigenvalue weighted by Crippen LogP contribution is -2.40. The van der Waals surface area contributed by atoms with Crippen LogP contribution in [0.5, 0.6) is 0 Å². The third-order valence-electron chi connectivity index (χ3n) is 4.07. The molecule has 1 aromatic carbocycles. The molecular weight excluding hydrogens is 304 g/mol. The van der Waals surface area contributed by atoms with E-state index in [0.29, 0.717) is 0 Å². The number of para-hydroxylation sites is 1. The summed E-state index contributed by atoms with van der Waals surface area (Å²) in [5.74, 6) is 2.18. The monoisotopic (exact) mass is 328 g/mol. The van der Waals surface area contributed by atoms with Gasteiger partial charge in [0.2, 0.25) is 0 Å². The van der Waals surface area contributed by atoms with E-state index in [4.69, 9.17) is 4.98 Å². The Kier molecular flexibility index (Phi) is 5.75. The predicted octanol–water partition coefficient (Wildman–Crippen LogP) is 2.84. The quantitative estimate of drug-likeness (QED) is 0.654. The summed E-state index contributed by atoms with van der Waals surface area (Å²) in [7, 11) is 1.82. The first-order valence-electron chi connectivity index (χ1n) is 8.26. The second-order valence-electron chi connectivity index (χ2n) is 5.76. The number of aromatic nitrogens is 1. The summed E-state index contributed by atoms with van der Waals surface area (Å²) in [5.41, 5.74) is 2.17. The topological polar surface area (TPSA) is 49.3 Å². The van der Waals surface area contributed by atoms with Gasteiger partial charge in [0.1, 0.15) is 0 Å². The standard InChI is InChI=1S/C18H24N4S/c1-19-18(21-13-16-6-4-12-23-16)20-11-10-15-9-8-14-5-2-3-7-17(14)22-15/h2-3,5,7-9,16H,4,6,10-13H2,1H3,(H2,19,20,21). The van der Waals surface area contributed by atoms with Gasteiger partial charge in [-0.2, -0.15) is 11.8 Å². The molecule has 2 heterocycles. The van der Waals surface area contributed by atoms with Gasteiger partial charge < -0.3 is 10.6 Å². The molecule has 1 aliphatic heterocycles. The Morgan fingerprint density at radius 1 is 1.26 bits per heavy atom. The van der Waals surface area contributed by atoms with Gasteiger partial charge in [0.25, 0.3) is 0 Å². The fourth-order valence-corrected chi connectivity index (χ4v) is 3.99. The van der Waals surface area contributed by atoms with Gasteiger partial charge in [0, 0.05) is 42.9 Å². The highest BCUT2D eigenvalue weighted by atomic mass is 32.2. The minimum Gasteiger partial charge on any atom is -0.356 e. The lowest BCUT2D eigenvalue weighted by molar-refractivity contribution is 0.723. The van der Waals surface area contributed by atoms with Crippen LogP contribution in [-0.2, 0) is 6.42 Å². The fourth-order valence-electron chi connectivity index (χ4n) is 2.79. The highest BCUT2D eigenvalue weighted by Crippen LogP contribution is 2.25. The third-order valence-corrected chi connectivity index (χ3v) is 5.47. The number of pyridine rings is 1. The Balaban J connectivity index is 1.46. The van der Waals surface area contributed by atoms with Crippen LogP contribution in [0.25, 0.3) is 10.9 Å². The van der Waals surface area contributed by atoms with Crippen molar-refractivity contribution in [3.63, 3.8) is 0 Å². The van der Waals surface area contributed by atoms with Crippen molar-refractivity contribution in [1.29, 1.82) is 0 Å². The molecule has 0 saturated carbocycles. The lowest BCUT2D eigenvalue weighted by Gasteiger charge is -2.14. The SMILES string of the molecule is CN=C(NCCc1ccc2ccccc2n1)NCC1CCCS1. The highest BCUT2D eigenvalue weighted by molar-refractivity contribution is 8.00. The first kappa shape index (κ1) is 16.1. The summed E-state index contributed by atoms with van der Waals surface area (Å²) in [6.07, 6.45) is 3.55. The number of guanidine groups is 1. The summed E-state index contributed by atoms with van der Waals surface area (Å²) in [6, 6.07) is 12.5. The molecule has 122 valence electrons. The maximum absolute atomic E-state index is 4.70. The molecule has 1 fully saturated rings.